The van der Waals surface area contributed by atoms with Crippen molar-refractivity contribution in [2.45, 2.75) is 12.8 Å². The Morgan fingerprint density at radius 2 is 2.56 bits per heavy atom. The number of ether oxygens (including phenoxy) is 1. The van der Waals surface area contributed by atoms with Gasteiger partial charge in [-0.2, -0.15) is 11.3 Å². The Balaban J connectivity index is 1.82. The van der Waals surface area contributed by atoms with Crippen LogP contribution in [0.3, 0.4) is 0 Å². The molecule has 0 bridgehead atoms. The van der Waals surface area contributed by atoms with E-state index < -0.39 is 0 Å². The average molecular weight is 268 g/mol. The molecule has 0 saturated carbocycles. The zero-order chi connectivity index (χ0) is 12.8. The number of methoxy groups -OCH3 is 1. The molecule has 5 heteroatoms. The van der Waals surface area contributed by atoms with Gasteiger partial charge in [0.2, 0.25) is 5.91 Å². The molecule has 1 aromatic heterocycles. The Labute approximate surface area is 112 Å². The monoisotopic (exact) mass is 268 g/mol. The van der Waals surface area contributed by atoms with Gasteiger partial charge >= 0.3 is 0 Å². The van der Waals surface area contributed by atoms with Crippen molar-refractivity contribution in [3.8, 4) is 0 Å². The molecule has 1 unspecified atom stereocenters. The summed E-state index contributed by atoms with van der Waals surface area (Å²) in [5, 5.41) is 10.5. The Morgan fingerprint density at radius 1 is 1.67 bits per heavy atom. The molecule has 100 valence electrons. The van der Waals surface area contributed by atoms with Gasteiger partial charge in [0.1, 0.15) is 0 Å². The number of carbonyl (C=O) groups is 1. The number of nitrogens with one attached hydrogen (secondary N) is 2. The summed E-state index contributed by atoms with van der Waals surface area (Å²) in [6, 6.07) is 2.10. The van der Waals surface area contributed by atoms with Gasteiger partial charge in [-0.25, -0.2) is 0 Å². The maximum atomic E-state index is 12.3. The van der Waals surface area contributed by atoms with E-state index in [1.807, 2.05) is 0 Å². The van der Waals surface area contributed by atoms with Crippen molar-refractivity contribution in [3.63, 3.8) is 0 Å². The number of hydrogen-bond acceptors (Lipinski definition) is 4. The van der Waals surface area contributed by atoms with E-state index in [1.165, 1.54) is 5.56 Å². The van der Waals surface area contributed by atoms with Gasteiger partial charge in [-0.3, -0.25) is 4.79 Å². The highest BCUT2D eigenvalue weighted by molar-refractivity contribution is 7.07. The van der Waals surface area contributed by atoms with Crippen molar-refractivity contribution < 1.29 is 9.53 Å². The molecular weight excluding hydrogens is 248 g/mol. The predicted octanol–water partition coefficient (Wildman–Crippen LogP) is 1.03. The van der Waals surface area contributed by atoms with Crippen LogP contribution in [-0.2, 0) is 16.0 Å². The van der Waals surface area contributed by atoms with Crippen molar-refractivity contribution in [3.05, 3.63) is 22.4 Å². The number of rotatable bonds is 6. The number of amides is 1. The first kappa shape index (κ1) is 13.5. The van der Waals surface area contributed by atoms with E-state index in [0.29, 0.717) is 19.7 Å². The molecule has 1 aromatic rings. The summed E-state index contributed by atoms with van der Waals surface area (Å²) < 4.78 is 5.20. The molecular formula is C13H20N2O2S. The Kier molecular flexibility index (Phi) is 4.74. The smallest absolute Gasteiger partial charge is 0.229 e. The Morgan fingerprint density at radius 3 is 3.17 bits per heavy atom. The quantitative estimate of drug-likeness (QED) is 0.810. The van der Waals surface area contributed by atoms with Crippen LogP contribution in [0.1, 0.15) is 12.0 Å². The van der Waals surface area contributed by atoms with Gasteiger partial charge < -0.3 is 15.4 Å². The predicted molar refractivity (Wildman–Crippen MR) is 72.8 cm³/mol. The fourth-order valence-electron chi connectivity index (χ4n) is 2.35. The molecule has 0 radical (unpaired) electrons. The van der Waals surface area contributed by atoms with Crippen LogP contribution < -0.4 is 10.6 Å². The minimum Gasteiger partial charge on any atom is -0.384 e. The standard InChI is InChI=1S/C13H20N2O2S/c1-17-10-13(4-6-14-9-13)12(16)15-5-2-11-3-7-18-8-11/h3,7-8,14H,2,4-6,9-10H2,1H3,(H,15,16). The van der Waals surface area contributed by atoms with E-state index in [9.17, 15) is 4.79 Å². The van der Waals surface area contributed by atoms with Crippen molar-refractivity contribution in [2.24, 2.45) is 5.41 Å². The lowest BCUT2D eigenvalue weighted by Crippen LogP contribution is -2.46. The van der Waals surface area contributed by atoms with Gasteiger partial charge in [-0.15, -0.1) is 0 Å². The van der Waals surface area contributed by atoms with E-state index in [1.54, 1.807) is 18.4 Å². The fourth-order valence-corrected chi connectivity index (χ4v) is 3.05. The van der Waals surface area contributed by atoms with E-state index >= 15 is 0 Å². The highest BCUT2D eigenvalue weighted by Gasteiger charge is 2.41. The average Bonchev–Trinajstić information content (AvgIpc) is 3.01. The van der Waals surface area contributed by atoms with Gasteiger partial charge in [0.25, 0.3) is 0 Å². The second-order valence-electron chi connectivity index (χ2n) is 4.78. The van der Waals surface area contributed by atoms with Crippen molar-refractivity contribution in [2.75, 3.05) is 33.4 Å². The maximum absolute atomic E-state index is 12.3. The highest BCUT2D eigenvalue weighted by atomic mass is 32.1. The number of hydrogen-bond donors (Lipinski definition) is 2. The SMILES string of the molecule is COCC1(C(=O)NCCc2ccsc2)CCNC1. The summed E-state index contributed by atoms with van der Waals surface area (Å²) in [5.41, 5.74) is 0.911. The van der Waals surface area contributed by atoms with Crippen molar-refractivity contribution in [1.29, 1.82) is 0 Å². The molecule has 2 N–H and O–H groups in total. The molecule has 1 aliphatic heterocycles. The number of thiophene rings is 1. The van der Waals surface area contributed by atoms with Crippen LogP contribution in [0.2, 0.25) is 0 Å². The second kappa shape index (κ2) is 6.31. The first-order valence-corrected chi connectivity index (χ1v) is 7.20. The lowest BCUT2D eigenvalue weighted by molar-refractivity contribution is -0.132. The molecule has 0 aromatic carbocycles. The topological polar surface area (TPSA) is 50.4 Å². The lowest BCUT2D eigenvalue weighted by Gasteiger charge is -2.25. The summed E-state index contributed by atoms with van der Waals surface area (Å²) in [5.74, 6) is 0.115. The number of carbonyl (C=O) groups excluding carboxylic acids is 1. The molecule has 1 aliphatic rings. The van der Waals surface area contributed by atoms with Crippen LogP contribution in [-0.4, -0.2) is 39.3 Å². The summed E-state index contributed by atoms with van der Waals surface area (Å²) in [6.07, 6.45) is 1.75. The zero-order valence-electron chi connectivity index (χ0n) is 10.7. The molecule has 1 fully saturated rings. The summed E-state index contributed by atoms with van der Waals surface area (Å²) in [7, 11) is 1.65. The summed E-state index contributed by atoms with van der Waals surface area (Å²) in [4.78, 5) is 12.3. The van der Waals surface area contributed by atoms with Crippen LogP contribution in [0.5, 0.6) is 0 Å². The summed E-state index contributed by atoms with van der Waals surface area (Å²) >= 11 is 1.69. The first-order valence-electron chi connectivity index (χ1n) is 6.26. The highest BCUT2D eigenvalue weighted by Crippen LogP contribution is 2.25. The molecule has 0 aliphatic carbocycles. The maximum Gasteiger partial charge on any atom is 0.229 e. The molecule has 2 rings (SSSR count). The zero-order valence-corrected chi connectivity index (χ0v) is 11.5. The van der Waals surface area contributed by atoms with Gasteiger partial charge in [-0.05, 0) is 41.8 Å². The molecule has 4 nitrogen and oxygen atoms in total. The molecule has 18 heavy (non-hydrogen) atoms. The third-order valence-electron chi connectivity index (χ3n) is 3.43. The second-order valence-corrected chi connectivity index (χ2v) is 5.56. The molecule has 1 saturated heterocycles. The van der Waals surface area contributed by atoms with Crippen LogP contribution >= 0.6 is 11.3 Å². The van der Waals surface area contributed by atoms with Crippen molar-refractivity contribution >= 4 is 17.2 Å². The van der Waals surface area contributed by atoms with Crippen LogP contribution in [0.4, 0.5) is 0 Å². The van der Waals surface area contributed by atoms with Gasteiger partial charge in [-0.1, -0.05) is 0 Å². The van der Waals surface area contributed by atoms with E-state index in [0.717, 1.165) is 19.4 Å². The van der Waals surface area contributed by atoms with Gasteiger partial charge in [0.15, 0.2) is 0 Å². The van der Waals surface area contributed by atoms with Crippen LogP contribution in [0.15, 0.2) is 16.8 Å². The molecule has 2 heterocycles. The van der Waals surface area contributed by atoms with Crippen molar-refractivity contribution in [1.82, 2.24) is 10.6 Å². The van der Waals surface area contributed by atoms with Crippen LogP contribution in [0.25, 0.3) is 0 Å². The Bertz CT molecular complexity index is 372. The Hall–Kier alpha value is -0.910. The molecule has 0 spiro atoms. The van der Waals surface area contributed by atoms with Gasteiger partial charge in [0.05, 0.1) is 12.0 Å². The van der Waals surface area contributed by atoms with Crippen LogP contribution in [0, 0.1) is 5.41 Å². The molecule has 1 amide bonds. The fraction of sp³-hybridized carbons (Fsp3) is 0.615. The summed E-state index contributed by atoms with van der Waals surface area (Å²) in [6.45, 7) is 2.79. The first-order chi connectivity index (χ1) is 8.77. The van der Waals surface area contributed by atoms with E-state index in [2.05, 4.69) is 27.5 Å². The van der Waals surface area contributed by atoms with E-state index in [4.69, 9.17) is 4.74 Å². The van der Waals surface area contributed by atoms with Gasteiger partial charge in [0, 0.05) is 20.2 Å². The minimum atomic E-state index is -0.372. The normalized spacial score (nSPS) is 23.2. The van der Waals surface area contributed by atoms with E-state index in [-0.39, 0.29) is 11.3 Å². The lowest BCUT2D eigenvalue weighted by atomic mass is 9.87. The molecule has 1 atom stereocenters. The largest absolute Gasteiger partial charge is 0.384 e. The third-order valence-corrected chi connectivity index (χ3v) is 4.16. The minimum absolute atomic E-state index is 0.115. The third kappa shape index (κ3) is 3.10.